The summed E-state index contributed by atoms with van der Waals surface area (Å²) >= 11 is 0. The predicted octanol–water partition coefficient (Wildman–Crippen LogP) is 2.82. The summed E-state index contributed by atoms with van der Waals surface area (Å²) < 4.78 is 12.3. The molecule has 1 aromatic carbocycles. The van der Waals surface area contributed by atoms with Crippen LogP contribution in [0.1, 0.15) is 33.3 Å². The average molecular weight is 275 g/mol. The van der Waals surface area contributed by atoms with Gasteiger partial charge in [0, 0.05) is 8.80 Å². The van der Waals surface area contributed by atoms with E-state index in [1.54, 1.807) is 0 Å². The minimum absolute atomic E-state index is 0.234. The summed E-state index contributed by atoms with van der Waals surface area (Å²) in [5, 5.41) is 0. The maximum absolute atomic E-state index is 6.16. The van der Waals surface area contributed by atoms with Crippen molar-refractivity contribution < 1.29 is 9.31 Å². The maximum Gasteiger partial charge on any atom is 0.495 e. The fraction of sp³-hybridized carbons (Fsp3) is 0.600. The summed E-state index contributed by atoms with van der Waals surface area (Å²) in [6, 6.07) is 9.68. The lowest BCUT2D eigenvalue weighted by Gasteiger charge is -2.32. The lowest BCUT2D eigenvalue weighted by molar-refractivity contribution is 0.00578. The van der Waals surface area contributed by atoms with E-state index < -0.39 is 0 Å². The fourth-order valence-corrected chi connectivity index (χ4v) is 3.36. The highest BCUT2D eigenvalue weighted by Crippen LogP contribution is 2.36. The zero-order valence-corrected chi connectivity index (χ0v) is 13.9. The zero-order valence-electron chi connectivity index (χ0n) is 12.9. The van der Waals surface area contributed by atoms with E-state index in [1.165, 1.54) is 11.0 Å². The number of rotatable bonds is 3. The molecule has 1 radical (unpaired) electrons. The molecule has 2 rings (SSSR count). The summed E-state index contributed by atoms with van der Waals surface area (Å²) in [4.78, 5) is 0. The predicted molar refractivity (Wildman–Crippen MR) is 83.3 cm³/mol. The van der Waals surface area contributed by atoms with Crippen molar-refractivity contribution in [3.63, 3.8) is 0 Å². The van der Waals surface area contributed by atoms with Crippen molar-refractivity contribution in [2.45, 2.75) is 58.0 Å². The van der Waals surface area contributed by atoms with Gasteiger partial charge >= 0.3 is 7.12 Å². The highest BCUT2D eigenvalue weighted by atomic mass is 28.3. The van der Waals surface area contributed by atoms with Crippen molar-refractivity contribution in [2.24, 2.45) is 0 Å². The molecule has 1 aromatic rings. The molecule has 1 fully saturated rings. The van der Waals surface area contributed by atoms with Gasteiger partial charge in [-0.25, -0.2) is 0 Å². The second-order valence-corrected chi connectivity index (χ2v) is 9.44. The van der Waals surface area contributed by atoms with Crippen LogP contribution in [0, 0.1) is 0 Å². The molecule has 0 bridgehead atoms. The third-order valence-corrected chi connectivity index (χ3v) is 5.19. The van der Waals surface area contributed by atoms with Crippen LogP contribution in [0.3, 0.4) is 0 Å². The van der Waals surface area contributed by atoms with E-state index in [0.717, 1.165) is 6.04 Å². The molecule has 1 aliphatic rings. The van der Waals surface area contributed by atoms with Crippen molar-refractivity contribution in [2.75, 3.05) is 0 Å². The molecule has 0 spiro atoms. The summed E-state index contributed by atoms with van der Waals surface area (Å²) in [5.41, 5.74) is 2.04. The lowest BCUT2D eigenvalue weighted by Crippen LogP contribution is -2.41. The Morgan fingerprint density at radius 1 is 1.00 bits per heavy atom. The number of hydrogen-bond acceptors (Lipinski definition) is 2. The molecular weight excluding hydrogens is 251 g/mol. The molecule has 0 aliphatic carbocycles. The highest BCUT2D eigenvalue weighted by Gasteiger charge is 2.52. The maximum atomic E-state index is 6.16. The van der Waals surface area contributed by atoms with Gasteiger partial charge in [-0.2, -0.15) is 0 Å². The Morgan fingerprint density at radius 3 is 2.05 bits per heavy atom. The van der Waals surface area contributed by atoms with E-state index in [4.69, 9.17) is 9.31 Å². The van der Waals surface area contributed by atoms with E-state index in [1.807, 2.05) is 0 Å². The van der Waals surface area contributed by atoms with Gasteiger partial charge in [0.05, 0.1) is 11.2 Å². The van der Waals surface area contributed by atoms with E-state index >= 15 is 0 Å². The van der Waals surface area contributed by atoms with Crippen LogP contribution in [-0.2, 0) is 15.4 Å². The zero-order chi connectivity index (χ0) is 14.3. The Morgan fingerprint density at radius 2 is 1.53 bits per heavy atom. The van der Waals surface area contributed by atoms with Gasteiger partial charge in [-0.3, -0.25) is 0 Å². The molecule has 0 atom stereocenters. The first-order chi connectivity index (χ1) is 8.73. The van der Waals surface area contributed by atoms with Gasteiger partial charge in [0.1, 0.15) is 0 Å². The fourth-order valence-electron chi connectivity index (χ4n) is 2.28. The molecule has 19 heavy (non-hydrogen) atoms. The Kier molecular flexibility index (Phi) is 3.96. The van der Waals surface area contributed by atoms with Crippen LogP contribution >= 0.6 is 0 Å². The smallest absolute Gasteiger partial charge is 0.399 e. The van der Waals surface area contributed by atoms with E-state index in [0.29, 0.717) is 0 Å². The summed E-state index contributed by atoms with van der Waals surface area (Å²) in [6.45, 7) is 13.1. The summed E-state index contributed by atoms with van der Waals surface area (Å²) in [6.07, 6.45) is 0. The van der Waals surface area contributed by atoms with Gasteiger partial charge < -0.3 is 9.31 Å². The van der Waals surface area contributed by atoms with Crippen molar-refractivity contribution >= 4 is 21.4 Å². The Bertz CT molecular complexity index is 441. The highest BCUT2D eigenvalue weighted by molar-refractivity contribution is 6.63. The Labute approximate surface area is 119 Å². The third kappa shape index (κ3) is 2.96. The van der Waals surface area contributed by atoms with Crippen LogP contribution in [0.4, 0.5) is 0 Å². The van der Waals surface area contributed by atoms with E-state index in [9.17, 15) is 0 Å². The van der Waals surface area contributed by atoms with Gasteiger partial charge in [-0.05, 0) is 39.2 Å². The second-order valence-electron chi connectivity index (χ2n) is 6.67. The molecule has 0 aromatic heterocycles. The van der Waals surface area contributed by atoms with Crippen LogP contribution in [0.15, 0.2) is 24.3 Å². The van der Waals surface area contributed by atoms with E-state index in [-0.39, 0.29) is 27.1 Å². The van der Waals surface area contributed by atoms with Gasteiger partial charge in [0.25, 0.3) is 0 Å². The van der Waals surface area contributed by atoms with Gasteiger partial charge in [0.15, 0.2) is 0 Å². The van der Waals surface area contributed by atoms with Crippen molar-refractivity contribution in [1.82, 2.24) is 0 Å². The Hall–Kier alpha value is -0.578. The quantitative estimate of drug-likeness (QED) is 0.790. The number of hydrogen-bond donors (Lipinski definition) is 0. The SMILES string of the molecule is C[Si](C)Cc1ccccc1B1OC(C)(C)C(C)(C)O1. The first-order valence-corrected chi connectivity index (χ1v) is 9.66. The van der Waals surface area contributed by atoms with Crippen LogP contribution in [0.25, 0.3) is 0 Å². The molecule has 1 heterocycles. The van der Waals surface area contributed by atoms with Crippen LogP contribution < -0.4 is 5.46 Å². The molecule has 0 N–H and O–H groups in total. The van der Waals surface area contributed by atoms with Crippen molar-refractivity contribution in [3.05, 3.63) is 29.8 Å². The van der Waals surface area contributed by atoms with Crippen molar-refractivity contribution in [1.29, 1.82) is 0 Å². The molecule has 1 aliphatic heterocycles. The van der Waals surface area contributed by atoms with Crippen LogP contribution in [0.2, 0.25) is 13.1 Å². The van der Waals surface area contributed by atoms with Gasteiger partial charge in [-0.15, -0.1) is 0 Å². The minimum Gasteiger partial charge on any atom is -0.399 e. The molecule has 0 amide bonds. The van der Waals surface area contributed by atoms with Crippen LogP contribution in [-0.4, -0.2) is 27.1 Å². The molecule has 0 saturated carbocycles. The molecule has 2 nitrogen and oxygen atoms in total. The molecular formula is C15H24BO2Si. The molecule has 103 valence electrons. The van der Waals surface area contributed by atoms with Crippen LogP contribution in [0.5, 0.6) is 0 Å². The summed E-state index contributed by atoms with van der Waals surface area (Å²) in [5.74, 6) is 0. The molecule has 1 saturated heterocycles. The minimum atomic E-state index is -0.306. The monoisotopic (exact) mass is 275 g/mol. The first-order valence-electron chi connectivity index (χ1n) is 6.95. The lowest BCUT2D eigenvalue weighted by atomic mass is 9.76. The molecule has 4 heteroatoms. The first kappa shape index (κ1) is 14.8. The van der Waals surface area contributed by atoms with E-state index in [2.05, 4.69) is 65.1 Å². The number of benzene rings is 1. The second kappa shape index (κ2) is 5.08. The largest absolute Gasteiger partial charge is 0.495 e. The topological polar surface area (TPSA) is 18.5 Å². The normalized spacial score (nSPS) is 21.1. The van der Waals surface area contributed by atoms with Gasteiger partial charge in [-0.1, -0.05) is 42.9 Å². The summed E-state index contributed by atoms with van der Waals surface area (Å²) in [7, 11) is -0.540. The standard InChI is InChI=1S/C15H24BO2Si/c1-14(2)15(3,4)18-16(17-14)13-10-8-7-9-12(13)11-19(5)6/h7-10H,11H2,1-6H3. The third-order valence-electron chi connectivity index (χ3n) is 4.11. The van der Waals surface area contributed by atoms with Gasteiger partial charge in [0.2, 0.25) is 0 Å². The molecule has 0 unspecified atom stereocenters. The Balaban J connectivity index is 2.29. The van der Waals surface area contributed by atoms with Crippen molar-refractivity contribution in [3.8, 4) is 0 Å². The average Bonchev–Trinajstić information content (AvgIpc) is 2.48.